The van der Waals surface area contributed by atoms with Crippen molar-refractivity contribution in [2.75, 3.05) is 23.7 Å². The summed E-state index contributed by atoms with van der Waals surface area (Å²) in [6.45, 7) is 8.60. The molecule has 3 fully saturated rings. The molecule has 2 aliphatic carbocycles. The van der Waals surface area contributed by atoms with Crippen molar-refractivity contribution in [2.24, 2.45) is 11.8 Å². The fraction of sp³-hybridized carbons (Fsp3) is 0.682. The standard InChI is InChI=1S/C20H28ClN7OS.C2H6/c1-12(29)8-27-11-16(6-23-27)25-20-22-7-18(21)19(26-20)24-15-4-13-9-28(10-14(13)5-15)30-17-2-3-17;1-2/h6-7,11-15,17,29H,2-5,8-10H2,1H3,(H2,22,24,25,26);1-2H3. The van der Waals surface area contributed by atoms with Gasteiger partial charge in [-0.05, 0) is 44.4 Å². The highest BCUT2D eigenvalue weighted by Gasteiger charge is 2.42. The van der Waals surface area contributed by atoms with Crippen LogP contribution in [0.3, 0.4) is 0 Å². The number of nitrogens with zero attached hydrogens (tertiary/aromatic N) is 5. The number of fused-ring (bicyclic) bond motifs is 1. The molecule has 3 N–H and O–H groups in total. The first kappa shape index (κ1) is 23.6. The lowest BCUT2D eigenvalue weighted by Gasteiger charge is -2.19. The summed E-state index contributed by atoms with van der Waals surface area (Å²) in [4.78, 5) is 8.88. The highest BCUT2D eigenvalue weighted by atomic mass is 35.5. The minimum atomic E-state index is -0.453. The average molecular weight is 480 g/mol. The number of rotatable bonds is 8. The van der Waals surface area contributed by atoms with E-state index in [0.717, 1.165) is 22.8 Å². The van der Waals surface area contributed by atoms with E-state index in [1.54, 1.807) is 24.0 Å². The second-order valence-electron chi connectivity index (χ2n) is 8.80. The minimum Gasteiger partial charge on any atom is -0.391 e. The third kappa shape index (κ3) is 6.07. The van der Waals surface area contributed by atoms with Crippen LogP contribution >= 0.6 is 23.5 Å². The quantitative estimate of drug-likeness (QED) is 0.479. The van der Waals surface area contributed by atoms with Gasteiger partial charge in [0.25, 0.3) is 0 Å². The Morgan fingerprint density at radius 3 is 2.59 bits per heavy atom. The lowest BCUT2D eigenvalue weighted by molar-refractivity contribution is 0.168. The number of anilines is 3. The van der Waals surface area contributed by atoms with Crippen molar-refractivity contribution >= 4 is 41.0 Å². The highest BCUT2D eigenvalue weighted by molar-refractivity contribution is 7.97. The Bertz CT molecular complexity index is 877. The van der Waals surface area contributed by atoms with Crippen molar-refractivity contribution in [1.82, 2.24) is 24.1 Å². The molecule has 3 atom stereocenters. The molecule has 2 aromatic heterocycles. The molecule has 176 valence electrons. The van der Waals surface area contributed by atoms with Crippen LogP contribution in [-0.4, -0.2) is 59.6 Å². The van der Waals surface area contributed by atoms with Gasteiger partial charge in [-0.15, -0.1) is 0 Å². The molecule has 5 rings (SSSR count). The maximum Gasteiger partial charge on any atom is 0.229 e. The average Bonchev–Trinajstić information content (AvgIpc) is 3.15. The van der Waals surface area contributed by atoms with Crippen LogP contribution in [0.25, 0.3) is 0 Å². The van der Waals surface area contributed by atoms with Crippen molar-refractivity contribution in [1.29, 1.82) is 0 Å². The van der Waals surface area contributed by atoms with E-state index in [4.69, 9.17) is 11.6 Å². The molecule has 0 amide bonds. The van der Waals surface area contributed by atoms with Gasteiger partial charge in [0.15, 0.2) is 5.82 Å². The van der Waals surface area contributed by atoms with Crippen LogP contribution < -0.4 is 10.6 Å². The summed E-state index contributed by atoms with van der Waals surface area (Å²) in [5.41, 5.74) is 0.771. The Balaban J connectivity index is 0.00000119. The molecule has 0 radical (unpaired) electrons. The zero-order chi connectivity index (χ0) is 22.7. The summed E-state index contributed by atoms with van der Waals surface area (Å²) in [6.07, 6.45) is 9.81. The minimum absolute atomic E-state index is 0.405. The van der Waals surface area contributed by atoms with E-state index in [-0.39, 0.29) is 0 Å². The fourth-order valence-corrected chi connectivity index (χ4v) is 5.96. The number of halogens is 1. The number of aliphatic hydroxyl groups is 1. The molecule has 8 nitrogen and oxygen atoms in total. The SMILES string of the molecule is CC.CC(O)Cn1cc(Nc2ncc(Cl)c(NC3CC4CN(SC5CC5)CC4C3)n2)cn1. The van der Waals surface area contributed by atoms with E-state index >= 15 is 0 Å². The van der Waals surface area contributed by atoms with Gasteiger partial charge in [-0.1, -0.05) is 37.4 Å². The predicted molar refractivity (Wildman–Crippen MR) is 131 cm³/mol. The molecule has 0 aromatic carbocycles. The van der Waals surface area contributed by atoms with Gasteiger partial charge >= 0.3 is 0 Å². The Labute approximate surface area is 199 Å². The second-order valence-corrected chi connectivity index (χ2v) is 10.6. The van der Waals surface area contributed by atoms with Crippen LogP contribution in [0.5, 0.6) is 0 Å². The van der Waals surface area contributed by atoms with Crippen LogP contribution in [0.1, 0.15) is 46.5 Å². The third-order valence-electron chi connectivity index (χ3n) is 5.97. The zero-order valence-electron chi connectivity index (χ0n) is 19.0. The maximum absolute atomic E-state index is 9.49. The van der Waals surface area contributed by atoms with Crippen LogP contribution in [0.4, 0.5) is 17.5 Å². The summed E-state index contributed by atoms with van der Waals surface area (Å²) in [5, 5.41) is 21.9. The Morgan fingerprint density at radius 1 is 1.22 bits per heavy atom. The molecule has 10 heteroatoms. The molecule has 3 aliphatic rings. The molecular weight excluding hydrogens is 446 g/mol. The third-order valence-corrected chi connectivity index (χ3v) is 7.61. The smallest absolute Gasteiger partial charge is 0.229 e. The Morgan fingerprint density at radius 2 is 1.94 bits per heavy atom. The van der Waals surface area contributed by atoms with Crippen molar-refractivity contribution in [3.63, 3.8) is 0 Å². The molecule has 0 spiro atoms. The molecule has 1 saturated heterocycles. The van der Waals surface area contributed by atoms with Crippen LogP contribution in [0.15, 0.2) is 18.6 Å². The molecule has 32 heavy (non-hydrogen) atoms. The fourth-order valence-electron chi connectivity index (χ4n) is 4.49. The molecule has 2 saturated carbocycles. The van der Waals surface area contributed by atoms with Gasteiger partial charge in [0, 0.05) is 30.6 Å². The number of hydrogen-bond donors (Lipinski definition) is 3. The van der Waals surface area contributed by atoms with Gasteiger partial charge in [-0.2, -0.15) is 10.1 Å². The van der Waals surface area contributed by atoms with Crippen LogP contribution in [0.2, 0.25) is 5.02 Å². The summed E-state index contributed by atoms with van der Waals surface area (Å²) >= 11 is 8.46. The zero-order valence-corrected chi connectivity index (χ0v) is 20.6. The van der Waals surface area contributed by atoms with Gasteiger partial charge in [0.1, 0.15) is 5.02 Å². The highest BCUT2D eigenvalue weighted by Crippen LogP contribution is 2.45. The van der Waals surface area contributed by atoms with Gasteiger partial charge in [-0.25, -0.2) is 9.29 Å². The lowest BCUT2D eigenvalue weighted by Crippen LogP contribution is -2.22. The molecule has 3 heterocycles. The molecular formula is C22H34ClN7OS. The summed E-state index contributed by atoms with van der Waals surface area (Å²) < 4.78 is 4.28. The monoisotopic (exact) mass is 479 g/mol. The lowest BCUT2D eigenvalue weighted by atomic mass is 10.0. The Kier molecular flexibility index (Phi) is 7.81. The van der Waals surface area contributed by atoms with E-state index < -0.39 is 6.10 Å². The number of nitrogens with one attached hydrogen (secondary N) is 2. The van der Waals surface area contributed by atoms with Gasteiger partial charge < -0.3 is 15.7 Å². The maximum atomic E-state index is 9.49. The summed E-state index contributed by atoms with van der Waals surface area (Å²) in [5.74, 6) is 2.70. The van der Waals surface area contributed by atoms with Gasteiger partial charge in [0.05, 0.1) is 30.7 Å². The molecule has 3 unspecified atom stereocenters. The van der Waals surface area contributed by atoms with E-state index in [1.165, 1.54) is 38.8 Å². The number of aromatic nitrogens is 4. The summed E-state index contributed by atoms with van der Waals surface area (Å²) in [6, 6.07) is 0.405. The van der Waals surface area contributed by atoms with Gasteiger partial charge in [-0.3, -0.25) is 4.68 Å². The van der Waals surface area contributed by atoms with E-state index in [0.29, 0.717) is 29.4 Å². The first-order valence-corrected chi connectivity index (χ1v) is 12.9. The Hall–Kier alpha value is -1.55. The van der Waals surface area contributed by atoms with Gasteiger partial charge in [0.2, 0.25) is 5.95 Å². The van der Waals surface area contributed by atoms with E-state index in [1.807, 2.05) is 20.0 Å². The van der Waals surface area contributed by atoms with Crippen molar-refractivity contribution in [3.05, 3.63) is 23.6 Å². The number of aliphatic hydroxyl groups excluding tert-OH is 1. The second kappa shape index (κ2) is 10.6. The first-order valence-electron chi connectivity index (χ1n) is 11.7. The van der Waals surface area contributed by atoms with Crippen molar-refractivity contribution in [2.45, 2.75) is 70.4 Å². The largest absolute Gasteiger partial charge is 0.391 e. The van der Waals surface area contributed by atoms with E-state index in [2.05, 4.69) is 42.0 Å². The first-order chi connectivity index (χ1) is 15.5. The molecule has 2 aromatic rings. The predicted octanol–water partition coefficient (Wildman–Crippen LogP) is 4.41. The topological polar surface area (TPSA) is 91.1 Å². The molecule has 1 aliphatic heterocycles. The summed E-state index contributed by atoms with van der Waals surface area (Å²) in [7, 11) is 0. The molecule has 0 bridgehead atoms. The van der Waals surface area contributed by atoms with Crippen molar-refractivity contribution in [3.8, 4) is 0 Å². The van der Waals surface area contributed by atoms with Crippen LogP contribution in [0, 0.1) is 11.8 Å². The number of hydrogen-bond acceptors (Lipinski definition) is 8. The van der Waals surface area contributed by atoms with E-state index in [9.17, 15) is 5.11 Å². The van der Waals surface area contributed by atoms with Crippen LogP contribution in [-0.2, 0) is 6.54 Å². The normalized spacial score (nSPS) is 25.7. The van der Waals surface area contributed by atoms with Crippen molar-refractivity contribution < 1.29 is 5.11 Å².